The third-order valence-corrected chi connectivity index (χ3v) is 3.10. The second kappa shape index (κ2) is 5.53. The number of carbonyl (C=O) groups excluding carboxylic acids is 2. The van der Waals surface area contributed by atoms with Gasteiger partial charge in [-0.05, 0) is 12.0 Å². The molecule has 2 atom stereocenters. The molecule has 1 aromatic carbocycles. The van der Waals surface area contributed by atoms with Gasteiger partial charge in [0.05, 0.1) is 12.1 Å². The first kappa shape index (κ1) is 12.4. The van der Waals surface area contributed by atoms with Crippen molar-refractivity contribution < 1.29 is 9.59 Å². The molecular weight excluding hydrogens is 230 g/mol. The zero-order chi connectivity index (χ0) is 13.0. The van der Waals surface area contributed by atoms with Gasteiger partial charge in [-0.2, -0.15) is 0 Å². The summed E-state index contributed by atoms with van der Waals surface area (Å²) in [6, 6.07) is 9.21. The Kier molecular flexibility index (Phi) is 3.82. The lowest BCUT2D eigenvalue weighted by molar-refractivity contribution is -0.123. The van der Waals surface area contributed by atoms with Crippen molar-refractivity contribution >= 4 is 11.9 Å². The predicted octanol–water partition coefficient (Wildman–Crippen LogP) is 0.935. The molecular formula is C13H17N3O2. The van der Waals surface area contributed by atoms with Crippen molar-refractivity contribution in [3.05, 3.63) is 35.9 Å². The van der Waals surface area contributed by atoms with Crippen LogP contribution in [0.1, 0.15) is 24.4 Å². The van der Waals surface area contributed by atoms with Gasteiger partial charge in [0.1, 0.15) is 0 Å². The molecule has 0 saturated carbocycles. The maximum Gasteiger partial charge on any atom is 0.314 e. The Labute approximate surface area is 106 Å². The second-order valence-corrected chi connectivity index (χ2v) is 4.32. The molecule has 0 radical (unpaired) electrons. The van der Waals surface area contributed by atoms with E-state index in [0.717, 1.165) is 5.56 Å². The molecule has 5 heteroatoms. The molecule has 2 unspecified atom stereocenters. The van der Waals surface area contributed by atoms with Crippen LogP contribution in [0.4, 0.5) is 4.79 Å². The van der Waals surface area contributed by atoms with Crippen molar-refractivity contribution in [2.24, 2.45) is 0 Å². The number of carbonyl (C=O) groups is 2. The molecule has 0 bridgehead atoms. The summed E-state index contributed by atoms with van der Waals surface area (Å²) in [5.74, 6) is 0.0267. The smallest absolute Gasteiger partial charge is 0.314 e. The van der Waals surface area contributed by atoms with Gasteiger partial charge in [0.15, 0.2) is 0 Å². The van der Waals surface area contributed by atoms with Crippen LogP contribution in [0.5, 0.6) is 0 Å². The van der Waals surface area contributed by atoms with E-state index in [4.69, 9.17) is 0 Å². The summed E-state index contributed by atoms with van der Waals surface area (Å²) in [5, 5.41) is 8.34. The third kappa shape index (κ3) is 2.80. The summed E-state index contributed by atoms with van der Waals surface area (Å²) in [4.78, 5) is 22.9. The van der Waals surface area contributed by atoms with Crippen LogP contribution >= 0.6 is 0 Å². The molecule has 5 nitrogen and oxygen atoms in total. The zero-order valence-electron chi connectivity index (χ0n) is 10.3. The van der Waals surface area contributed by atoms with Gasteiger partial charge in [-0.15, -0.1) is 0 Å². The first-order valence-electron chi connectivity index (χ1n) is 6.03. The van der Waals surface area contributed by atoms with E-state index in [1.807, 2.05) is 30.3 Å². The number of rotatable bonds is 2. The first-order chi connectivity index (χ1) is 8.70. The molecule has 0 aromatic heterocycles. The van der Waals surface area contributed by atoms with Crippen molar-refractivity contribution in [2.45, 2.75) is 24.9 Å². The van der Waals surface area contributed by atoms with Gasteiger partial charge < -0.3 is 16.0 Å². The fourth-order valence-corrected chi connectivity index (χ4v) is 2.17. The Hall–Kier alpha value is -2.04. The summed E-state index contributed by atoms with van der Waals surface area (Å²) >= 11 is 0. The topological polar surface area (TPSA) is 70.2 Å². The highest BCUT2D eigenvalue weighted by Gasteiger charge is 2.30. The van der Waals surface area contributed by atoms with E-state index < -0.39 is 0 Å². The van der Waals surface area contributed by atoms with Gasteiger partial charge in [-0.3, -0.25) is 4.79 Å². The third-order valence-electron chi connectivity index (χ3n) is 3.10. The number of amides is 3. The highest BCUT2D eigenvalue weighted by Crippen LogP contribution is 2.23. The minimum absolute atomic E-state index is 0.0267. The zero-order valence-corrected chi connectivity index (χ0v) is 10.3. The highest BCUT2D eigenvalue weighted by molar-refractivity contribution is 5.79. The first-order valence-corrected chi connectivity index (χ1v) is 6.03. The SMILES string of the molecule is CNC(=O)NC1CCC(=O)NC1c1ccccc1. The van der Waals surface area contributed by atoms with Crippen molar-refractivity contribution in [1.82, 2.24) is 16.0 Å². The Morgan fingerprint density at radius 1 is 1.33 bits per heavy atom. The minimum Gasteiger partial charge on any atom is -0.347 e. The maximum absolute atomic E-state index is 11.5. The largest absolute Gasteiger partial charge is 0.347 e. The van der Waals surface area contributed by atoms with Crippen LogP contribution in [0.25, 0.3) is 0 Å². The molecule has 1 saturated heterocycles. The van der Waals surface area contributed by atoms with E-state index in [9.17, 15) is 9.59 Å². The van der Waals surface area contributed by atoms with E-state index >= 15 is 0 Å². The Morgan fingerprint density at radius 2 is 2.06 bits per heavy atom. The maximum atomic E-state index is 11.5. The average molecular weight is 247 g/mol. The molecule has 2 rings (SSSR count). The van der Waals surface area contributed by atoms with Crippen LogP contribution in [-0.4, -0.2) is 25.0 Å². The summed E-state index contributed by atoms with van der Waals surface area (Å²) in [5.41, 5.74) is 1.01. The second-order valence-electron chi connectivity index (χ2n) is 4.32. The number of piperidine rings is 1. The normalized spacial score (nSPS) is 23.1. The van der Waals surface area contributed by atoms with E-state index in [0.29, 0.717) is 12.8 Å². The van der Waals surface area contributed by atoms with Gasteiger partial charge in [0, 0.05) is 13.5 Å². The molecule has 0 spiro atoms. The Balaban J connectivity index is 2.16. The van der Waals surface area contributed by atoms with Gasteiger partial charge in [0.25, 0.3) is 0 Å². The number of urea groups is 1. The molecule has 96 valence electrons. The van der Waals surface area contributed by atoms with Crippen molar-refractivity contribution in [1.29, 1.82) is 0 Å². The molecule has 3 amide bonds. The quantitative estimate of drug-likeness (QED) is 0.727. The summed E-state index contributed by atoms with van der Waals surface area (Å²) in [6.07, 6.45) is 1.09. The van der Waals surface area contributed by atoms with E-state index in [-0.39, 0.29) is 24.0 Å². The van der Waals surface area contributed by atoms with Crippen LogP contribution in [0.3, 0.4) is 0 Å². The lowest BCUT2D eigenvalue weighted by Gasteiger charge is -2.33. The number of hydrogen-bond acceptors (Lipinski definition) is 2. The highest BCUT2D eigenvalue weighted by atomic mass is 16.2. The fourth-order valence-electron chi connectivity index (χ4n) is 2.17. The van der Waals surface area contributed by atoms with Crippen molar-refractivity contribution in [3.63, 3.8) is 0 Å². The van der Waals surface area contributed by atoms with Gasteiger partial charge in [-0.1, -0.05) is 30.3 Å². The van der Waals surface area contributed by atoms with E-state index in [2.05, 4.69) is 16.0 Å². The van der Waals surface area contributed by atoms with Crippen LogP contribution in [-0.2, 0) is 4.79 Å². The molecule has 1 fully saturated rings. The van der Waals surface area contributed by atoms with Gasteiger partial charge in [0.2, 0.25) is 5.91 Å². The lowest BCUT2D eigenvalue weighted by Crippen LogP contribution is -2.51. The Morgan fingerprint density at radius 3 is 2.72 bits per heavy atom. The lowest BCUT2D eigenvalue weighted by atomic mass is 9.92. The number of benzene rings is 1. The van der Waals surface area contributed by atoms with Gasteiger partial charge in [-0.25, -0.2) is 4.79 Å². The number of nitrogens with one attached hydrogen (secondary N) is 3. The summed E-state index contributed by atoms with van der Waals surface area (Å²) in [7, 11) is 1.58. The van der Waals surface area contributed by atoms with Crippen LogP contribution in [0.2, 0.25) is 0 Å². The standard InChI is InChI=1S/C13H17N3O2/c1-14-13(18)15-10-7-8-11(17)16-12(10)9-5-3-2-4-6-9/h2-6,10,12H,7-8H2,1H3,(H,16,17)(H2,14,15,18). The molecule has 1 heterocycles. The Bertz CT molecular complexity index is 433. The molecule has 3 N–H and O–H groups in total. The molecule has 0 aliphatic carbocycles. The van der Waals surface area contributed by atoms with E-state index in [1.165, 1.54) is 0 Å². The van der Waals surface area contributed by atoms with Crippen LogP contribution in [0, 0.1) is 0 Å². The molecule has 1 aliphatic heterocycles. The molecule has 1 aromatic rings. The summed E-state index contributed by atoms with van der Waals surface area (Å²) < 4.78 is 0. The van der Waals surface area contributed by atoms with Gasteiger partial charge >= 0.3 is 6.03 Å². The van der Waals surface area contributed by atoms with E-state index in [1.54, 1.807) is 7.05 Å². The monoisotopic (exact) mass is 247 g/mol. The number of hydrogen-bond donors (Lipinski definition) is 3. The van der Waals surface area contributed by atoms with Crippen molar-refractivity contribution in [2.75, 3.05) is 7.05 Å². The van der Waals surface area contributed by atoms with Crippen molar-refractivity contribution in [3.8, 4) is 0 Å². The fraction of sp³-hybridized carbons (Fsp3) is 0.385. The molecule has 18 heavy (non-hydrogen) atoms. The van der Waals surface area contributed by atoms with Crippen LogP contribution in [0.15, 0.2) is 30.3 Å². The molecule has 1 aliphatic rings. The van der Waals surface area contributed by atoms with Crippen LogP contribution < -0.4 is 16.0 Å². The predicted molar refractivity (Wildman–Crippen MR) is 67.9 cm³/mol. The summed E-state index contributed by atoms with van der Waals surface area (Å²) in [6.45, 7) is 0. The average Bonchev–Trinajstić information content (AvgIpc) is 2.41. The minimum atomic E-state index is -0.225.